The van der Waals surface area contributed by atoms with Gasteiger partial charge in [-0.2, -0.15) is 5.10 Å². The third-order valence-electron chi connectivity index (χ3n) is 3.02. The second-order valence-electron chi connectivity index (χ2n) is 4.55. The van der Waals surface area contributed by atoms with Gasteiger partial charge in [0.25, 0.3) is 0 Å². The molecule has 2 aromatic heterocycles. The maximum atomic E-state index is 4.55. The minimum absolute atomic E-state index is 0.745. The molecular formula is C16H16N4. The number of nitrogens with one attached hydrogen (secondary N) is 1. The van der Waals surface area contributed by atoms with Crippen molar-refractivity contribution in [1.82, 2.24) is 20.1 Å². The Balaban J connectivity index is 1.58. The number of benzene rings is 1. The van der Waals surface area contributed by atoms with E-state index < -0.39 is 0 Å². The zero-order valence-corrected chi connectivity index (χ0v) is 11.1. The summed E-state index contributed by atoms with van der Waals surface area (Å²) in [4.78, 5) is 4.09. The largest absolute Gasteiger partial charge is 0.307 e. The number of para-hydroxylation sites is 1. The third-order valence-corrected chi connectivity index (χ3v) is 3.02. The van der Waals surface area contributed by atoms with E-state index in [1.807, 2.05) is 59.5 Å². The molecule has 2 heterocycles. The van der Waals surface area contributed by atoms with Crippen molar-refractivity contribution in [3.05, 3.63) is 78.4 Å². The summed E-state index contributed by atoms with van der Waals surface area (Å²) in [6, 6.07) is 16.1. The van der Waals surface area contributed by atoms with Crippen molar-refractivity contribution in [1.29, 1.82) is 0 Å². The molecule has 0 spiro atoms. The fraction of sp³-hybridized carbons (Fsp3) is 0.125. The molecule has 0 fully saturated rings. The highest BCUT2D eigenvalue weighted by Gasteiger charge is 2.00. The predicted molar refractivity (Wildman–Crippen MR) is 78.3 cm³/mol. The standard InChI is InChI=1S/C16H16N4/c1-2-6-16(7-3-1)20-10-8-15(19-20)13-18-12-14-5-4-9-17-11-14/h1-11,18H,12-13H2. The van der Waals surface area contributed by atoms with E-state index in [1.54, 1.807) is 6.20 Å². The highest BCUT2D eigenvalue weighted by atomic mass is 15.3. The van der Waals surface area contributed by atoms with Crippen LogP contribution < -0.4 is 5.32 Å². The van der Waals surface area contributed by atoms with Crippen LogP contribution in [0.3, 0.4) is 0 Å². The summed E-state index contributed by atoms with van der Waals surface area (Å²) >= 11 is 0. The van der Waals surface area contributed by atoms with Gasteiger partial charge in [0.2, 0.25) is 0 Å². The quantitative estimate of drug-likeness (QED) is 0.770. The minimum atomic E-state index is 0.745. The Labute approximate surface area is 118 Å². The molecule has 1 aromatic carbocycles. The van der Waals surface area contributed by atoms with Crippen LogP contribution >= 0.6 is 0 Å². The molecular weight excluding hydrogens is 248 g/mol. The first-order valence-corrected chi connectivity index (χ1v) is 6.61. The van der Waals surface area contributed by atoms with Gasteiger partial charge in [0.05, 0.1) is 11.4 Å². The van der Waals surface area contributed by atoms with Gasteiger partial charge in [0.1, 0.15) is 0 Å². The Hall–Kier alpha value is -2.46. The van der Waals surface area contributed by atoms with Crippen molar-refractivity contribution >= 4 is 0 Å². The maximum Gasteiger partial charge on any atom is 0.0766 e. The van der Waals surface area contributed by atoms with Gasteiger partial charge in [-0.25, -0.2) is 4.68 Å². The van der Waals surface area contributed by atoms with E-state index in [1.165, 1.54) is 5.56 Å². The van der Waals surface area contributed by atoms with Crippen molar-refractivity contribution in [2.75, 3.05) is 0 Å². The van der Waals surface area contributed by atoms with Crippen LogP contribution in [0.1, 0.15) is 11.3 Å². The van der Waals surface area contributed by atoms with Crippen LogP contribution in [0.4, 0.5) is 0 Å². The molecule has 0 radical (unpaired) electrons. The Morgan fingerprint density at radius 1 is 0.950 bits per heavy atom. The lowest BCUT2D eigenvalue weighted by molar-refractivity contribution is 0.668. The highest BCUT2D eigenvalue weighted by molar-refractivity contribution is 5.30. The van der Waals surface area contributed by atoms with Crippen LogP contribution in [0.5, 0.6) is 0 Å². The van der Waals surface area contributed by atoms with E-state index in [0.717, 1.165) is 24.5 Å². The fourth-order valence-corrected chi connectivity index (χ4v) is 2.02. The summed E-state index contributed by atoms with van der Waals surface area (Å²) in [6.07, 6.45) is 5.64. The number of hydrogen-bond acceptors (Lipinski definition) is 3. The first-order chi connectivity index (χ1) is 9.92. The van der Waals surface area contributed by atoms with Crippen LogP contribution in [-0.4, -0.2) is 14.8 Å². The van der Waals surface area contributed by atoms with Gasteiger partial charge in [0, 0.05) is 31.7 Å². The lowest BCUT2D eigenvalue weighted by atomic mass is 10.3. The molecule has 0 bridgehead atoms. The molecule has 0 aliphatic carbocycles. The zero-order valence-electron chi connectivity index (χ0n) is 11.1. The van der Waals surface area contributed by atoms with E-state index in [-0.39, 0.29) is 0 Å². The predicted octanol–water partition coefficient (Wildman–Crippen LogP) is 2.56. The molecule has 0 saturated carbocycles. The van der Waals surface area contributed by atoms with Gasteiger partial charge in [-0.3, -0.25) is 4.98 Å². The molecule has 4 heteroatoms. The molecule has 20 heavy (non-hydrogen) atoms. The van der Waals surface area contributed by atoms with Crippen LogP contribution in [0.15, 0.2) is 67.1 Å². The van der Waals surface area contributed by atoms with Gasteiger partial charge >= 0.3 is 0 Å². The summed E-state index contributed by atoms with van der Waals surface area (Å²) < 4.78 is 1.89. The molecule has 0 aliphatic rings. The SMILES string of the molecule is c1ccc(-n2ccc(CNCc3cccnc3)n2)cc1. The lowest BCUT2D eigenvalue weighted by Gasteiger charge is -2.03. The molecule has 0 amide bonds. The first-order valence-electron chi connectivity index (χ1n) is 6.61. The number of aromatic nitrogens is 3. The number of pyridine rings is 1. The Morgan fingerprint density at radius 3 is 2.65 bits per heavy atom. The summed E-state index contributed by atoms with van der Waals surface area (Å²) in [5.74, 6) is 0. The topological polar surface area (TPSA) is 42.7 Å². The fourth-order valence-electron chi connectivity index (χ4n) is 2.02. The van der Waals surface area contributed by atoms with Gasteiger partial charge in [-0.1, -0.05) is 24.3 Å². The Bertz CT molecular complexity index is 647. The van der Waals surface area contributed by atoms with Crippen molar-refractivity contribution < 1.29 is 0 Å². The number of rotatable bonds is 5. The molecule has 4 nitrogen and oxygen atoms in total. The van der Waals surface area contributed by atoms with Gasteiger partial charge in [0.15, 0.2) is 0 Å². The van der Waals surface area contributed by atoms with Crippen molar-refractivity contribution in [2.24, 2.45) is 0 Å². The van der Waals surface area contributed by atoms with Crippen LogP contribution in [0.2, 0.25) is 0 Å². The van der Waals surface area contributed by atoms with E-state index in [2.05, 4.69) is 21.5 Å². The van der Waals surface area contributed by atoms with Crippen LogP contribution in [0, 0.1) is 0 Å². The average molecular weight is 264 g/mol. The summed E-state index contributed by atoms with van der Waals surface area (Å²) in [5, 5.41) is 7.92. The van der Waals surface area contributed by atoms with E-state index in [0.29, 0.717) is 0 Å². The second kappa shape index (κ2) is 6.12. The van der Waals surface area contributed by atoms with E-state index in [9.17, 15) is 0 Å². The summed E-state index contributed by atoms with van der Waals surface area (Å²) in [5.41, 5.74) is 3.28. The van der Waals surface area contributed by atoms with E-state index in [4.69, 9.17) is 0 Å². The van der Waals surface area contributed by atoms with Gasteiger partial charge < -0.3 is 5.32 Å². The summed E-state index contributed by atoms with van der Waals surface area (Å²) in [7, 11) is 0. The van der Waals surface area contributed by atoms with Gasteiger partial charge in [-0.15, -0.1) is 0 Å². The maximum absolute atomic E-state index is 4.55. The van der Waals surface area contributed by atoms with Crippen LogP contribution in [-0.2, 0) is 13.1 Å². The molecule has 100 valence electrons. The minimum Gasteiger partial charge on any atom is -0.307 e. The van der Waals surface area contributed by atoms with E-state index >= 15 is 0 Å². The van der Waals surface area contributed by atoms with Gasteiger partial charge in [-0.05, 0) is 29.8 Å². The monoisotopic (exact) mass is 264 g/mol. The lowest BCUT2D eigenvalue weighted by Crippen LogP contribution is -2.13. The molecule has 0 aliphatic heterocycles. The van der Waals surface area contributed by atoms with Crippen molar-refractivity contribution in [3.8, 4) is 5.69 Å². The zero-order chi connectivity index (χ0) is 13.6. The normalized spacial score (nSPS) is 10.6. The summed E-state index contributed by atoms with van der Waals surface area (Å²) in [6.45, 7) is 1.54. The molecule has 0 saturated heterocycles. The number of nitrogens with zero attached hydrogens (tertiary/aromatic N) is 3. The second-order valence-corrected chi connectivity index (χ2v) is 4.55. The smallest absolute Gasteiger partial charge is 0.0766 e. The molecule has 1 N–H and O–H groups in total. The Morgan fingerprint density at radius 2 is 1.85 bits per heavy atom. The molecule has 0 atom stereocenters. The number of hydrogen-bond donors (Lipinski definition) is 1. The highest BCUT2D eigenvalue weighted by Crippen LogP contribution is 2.06. The first kappa shape index (κ1) is 12.6. The molecule has 3 aromatic rings. The van der Waals surface area contributed by atoms with Crippen molar-refractivity contribution in [2.45, 2.75) is 13.1 Å². The third kappa shape index (κ3) is 3.10. The molecule has 3 rings (SSSR count). The Kier molecular flexibility index (Phi) is 3.85. The van der Waals surface area contributed by atoms with Crippen molar-refractivity contribution in [3.63, 3.8) is 0 Å². The average Bonchev–Trinajstić information content (AvgIpc) is 2.98. The molecule has 0 unspecified atom stereocenters. The van der Waals surface area contributed by atoms with Crippen LogP contribution in [0.25, 0.3) is 5.69 Å².